The number of imidazole rings is 1. The molecular weight excluding hydrogens is 490 g/mol. The Bertz CT molecular complexity index is 1150. The number of nitrogens with one attached hydrogen (secondary N) is 2. The van der Waals surface area contributed by atoms with Crippen LogP contribution < -0.4 is 10.1 Å². The molecule has 1 saturated heterocycles. The molecule has 1 aliphatic carbocycles. The summed E-state index contributed by atoms with van der Waals surface area (Å²) in [5.41, 5.74) is -2.02. The van der Waals surface area contributed by atoms with Gasteiger partial charge in [0.2, 0.25) is 0 Å². The number of benzene rings is 1. The van der Waals surface area contributed by atoms with E-state index >= 15 is 0 Å². The van der Waals surface area contributed by atoms with Gasteiger partial charge in [-0.1, -0.05) is 26.2 Å². The lowest BCUT2D eigenvalue weighted by Gasteiger charge is -2.33. The van der Waals surface area contributed by atoms with E-state index in [1.54, 1.807) is 0 Å². The average Bonchev–Trinajstić information content (AvgIpc) is 3.44. The van der Waals surface area contributed by atoms with Gasteiger partial charge in [-0.25, -0.2) is 9.97 Å². The first kappa shape index (κ1) is 26.3. The zero-order chi connectivity index (χ0) is 26.1. The predicted molar refractivity (Wildman–Crippen MR) is 119 cm³/mol. The molecule has 2 fully saturated rings. The second-order valence-corrected chi connectivity index (χ2v) is 9.62. The lowest BCUT2D eigenvalue weighted by atomic mass is 9.88. The fourth-order valence-corrected chi connectivity index (χ4v) is 4.46. The van der Waals surface area contributed by atoms with Crippen molar-refractivity contribution in [3.05, 3.63) is 41.9 Å². The number of aromatic nitrogens is 3. The third kappa shape index (κ3) is 6.32. The van der Waals surface area contributed by atoms with Gasteiger partial charge in [0.1, 0.15) is 24.1 Å². The number of hydrogen-bond donors (Lipinski definition) is 2. The number of nitrogens with zero attached hydrogens (tertiary/aromatic N) is 2. The van der Waals surface area contributed by atoms with Gasteiger partial charge in [0.15, 0.2) is 11.6 Å². The topological polar surface area (TPSA) is 76.0 Å². The van der Waals surface area contributed by atoms with Crippen molar-refractivity contribution in [3.63, 3.8) is 0 Å². The Balaban J connectivity index is 0.000000543. The van der Waals surface area contributed by atoms with Crippen molar-refractivity contribution in [2.45, 2.75) is 76.3 Å². The Kier molecular flexibility index (Phi) is 7.53. The highest BCUT2D eigenvalue weighted by Crippen LogP contribution is 2.37. The predicted octanol–water partition coefficient (Wildman–Crippen LogP) is 6.70. The molecule has 0 spiro atoms. The molecule has 3 atom stereocenters. The largest absolute Gasteiger partial charge is 0.492 e. The molecular formula is C24H28F6N4O2. The summed E-state index contributed by atoms with van der Waals surface area (Å²) >= 11 is 0. The molecule has 0 amide bonds. The van der Waals surface area contributed by atoms with E-state index in [0.717, 1.165) is 12.0 Å². The molecule has 0 bridgehead atoms. The van der Waals surface area contributed by atoms with Crippen molar-refractivity contribution in [3.8, 4) is 5.75 Å². The average molecular weight is 519 g/mol. The third-order valence-corrected chi connectivity index (χ3v) is 6.54. The number of piperidine rings is 1. The highest BCUT2D eigenvalue weighted by Gasteiger charge is 2.38. The van der Waals surface area contributed by atoms with Crippen molar-refractivity contribution < 1.29 is 35.5 Å². The summed E-state index contributed by atoms with van der Waals surface area (Å²) in [6, 6.07) is 1.91. The number of H-pyrrole nitrogens is 1. The van der Waals surface area contributed by atoms with Crippen LogP contribution in [0.1, 0.15) is 69.0 Å². The van der Waals surface area contributed by atoms with Crippen molar-refractivity contribution in [2.75, 3.05) is 6.61 Å². The molecule has 2 N–H and O–H groups in total. The number of alkyl halides is 6. The fourth-order valence-electron chi connectivity index (χ4n) is 4.46. The standard InChI is InChI=1S/C19H18F6N4O2.C5H10/c1-9-2-10(17-29-15(7-31-17)19(23,24)25)3-11(28-9)6-30-12-4-13(18(20,21)22)16-14(5-12)26-8-27-16;1-5-3-2-4-5/h4-5,7-11,28H,2-3,6H2,1H3,(H,26,27);5H,2-4H2,1H3. The van der Waals surface area contributed by atoms with E-state index in [2.05, 4.69) is 27.2 Å². The van der Waals surface area contributed by atoms with Gasteiger partial charge in [-0.3, -0.25) is 0 Å². The van der Waals surface area contributed by atoms with Crippen LogP contribution in [0.3, 0.4) is 0 Å². The van der Waals surface area contributed by atoms with E-state index in [-0.39, 0.29) is 47.3 Å². The first-order valence-corrected chi connectivity index (χ1v) is 11.9. The molecule has 5 rings (SSSR count). The van der Waals surface area contributed by atoms with E-state index in [1.165, 1.54) is 31.7 Å². The van der Waals surface area contributed by atoms with Crippen LogP contribution in [0.15, 0.2) is 29.1 Å². The van der Waals surface area contributed by atoms with Gasteiger partial charge in [-0.15, -0.1) is 0 Å². The zero-order valence-electron chi connectivity index (χ0n) is 19.8. The van der Waals surface area contributed by atoms with E-state index in [9.17, 15) is 26.3 Å². The van der Waals surface area contributed by atoms with Gasteiger partial charge < -0.3 is 19.5 Å². The fraction of sp³-hybridized carbons (Fsp3) is 0.583. The van der Waals surface area contributed by atoms with Crippen LogP contribution in [0.5, 0.6) is 5.75 Å². The molecule has 198 valence electrons. The smallest absolute Gasteiger partial charge is 0.436 e. The van der Waals surface area contributed by atoms with Gasteiger partial charge in [0.05, 0.1) is 17.4 Å². The molecule has 3 unspecified atom stereocenters. The van der Waals surface area contributed by atoms with Crippen molar-refractivity contribution in [1.82, 2.24) is 20.3 Å². The maximum atomic E-state index is 13.3. The molecule has 3 heterocycles. The van der Waals surface area contributed by atoms with Crippen LogP contribution in [0.4, 0.5) is 26.3 Å². The molecule has 0 radical (unpaired) electrons. The van der Waals surface area contributed by atoms with Gasteiger partial charge in [0, 0.05) is 24.1 Å². The molecule has 6 nitrogen and oxygen atoms in total. The highest BCUT2D eigenvalue weighted by atomic mass is 19.4. The highest BCUT2D eigenvalue weighted by molar-refractivity contribution is 5.80. The van der Waals surface area contributed by atoms with E-state index in [0.29, 0.717) is 19.1 Å². The number of aromatic amines is 1. The number of halogens is 6. The van der Waals surface area contributed by atoms with Crippen LogP contribution in [0.2, 0.25) is 0 Å². The first-order chi connectivity index (χ1) is 16.9. The Morgan fingerprint density at radius 2 is 1.78 bits per heavy atom. The Morgan fingerprint density at radius 3 is 2.36 bits per heavy atom. The van der Waals surface area contributed by atoms with Gasteiger partial charge in [-0.2, -0.15) is 26.3 Å². The van der Waals surface area contributed by atoms with E-state index in [4.69, 9.17) is 9.15 Å². The molecule has 2 aromatic heterocycles. The quantitative estimate of drug-likeness (QED) is 0.376. The van der Waals surface area contributed by atoms with Crippen LogP contribution in [-0.4, -0.2) is 33.6 Å². The van der Waals surface area contributed by atoms with Gasteiger partial charge in [0.25, 0.3) is 0 Å². The molecule has 1 aliphatic heterocycles. The van der Waals surface area contributed by atoms with Gasteiger partial charge in [-0.05, 0) is 31.7 Å². The third-order valence-electron chi connectivity index (χ3n) is 6.54. The van der Waals surface area contributed by atoms with Crippen molar-refractivity contribution in [1.29, 1.82) is 0 Å². The lowest BCUT2D eigenvalue weighted by Crippen LogP contribution is -2.46. The molecule has 1 aromatic carbocycles. The molecule has 12 heteroatoms. The number of hydrogen-bond acceptors (Lipinski definition) is 5. The second-order valence-electron chi connectivity index (χ2n) is 9.62. The molecule has 36 heavy (non-hydrogen) atoms. The minimum Gasteiger partial charge on any atom is -0.492 e. The summed E-state index contributed by atoms with van der Waals surface area (Å²) in [6.45, 7) is 4.18. The van der Waals surface area contributed by atoms with Crippen LogP contribution in [0, 0.1) is 5.92 Å². The monoisotopic (exact) mass is 518 g/mol. The summed E-state index contributed by atoms with van der Waals surface area (Å²) in [4.78, 5) is 9.91. The van der Waals surface area contributed by atoms with Crippen LogP contribution in [0.25, 0.3) is 11.0 Å². The normalized spacial score (nSPS) is 23.2. The SMILES string of the molecule is CC1CC(c2nc(C(F)(F)F)co2)CC(COc2cc(C(F)(F)F)c3nc[nH]c3c2)N1.CC1CCC1. The van der Waals surface area contributed by atoms with Crippen molar-refractivity contribution in [2.24, 2.45) is 5.92 Å². The van der Waals surface area contributed by atoms with Crippen LogP contribution >= 0.6 is 0 Å². The van der Waals surface area contributed by atoms with E-state index in [1.807, 2.05) is 6.92 Å². The van der Waals surface area contributed by atoms with Crippen LogP contribution in [-0.2, 0) is 12.4 Å². The maximum absolute atomic E-state index is 13.3. The summed E-state index contributed by atoms with van der Waals surface area (Å²) in [6.07, 6.45) is -2.11. The summed E-state index contributed by atoms with van der Waals surface area (Å²) in [5, 5.41) is 3.24. The molecule has 2 aliphatic rings. The zero-order valence-corrected chi connectivity index (χ0v) is 19.8. The van der Waals surface area contributed by atoms with E-state index < -0.39 is 23.6 Å². The van der Waals surface area contributed by atoms with Crippen molar-refractivity contribution >= 4 is 11.0 Å². The Hall–Kier alpha value is -2.76. The minimum absolute atomic E-state index is 0.0103. The van der Waals surface area contributed by atoms with Gasteiger partial charge >= 0.3 is 12.4 Å². The number of oxazole rings is 1. The second kappa shape index (κ2) is 10.3. The Morgan fingerprint density at radius 1 is 1.06 bits per heavy atom. The summed E-state index contributed by atoms with van der Waals surface area (Å²) in [7, 11) is 0. The maximum Gasteiger partial charge on any atom is 0.436 e. The summed E-state index contributed by atoms with van der Waals surface area (Å²) in [5.74, 6) is 0.691. The molecule has 1 saturated carbocycles. The number of fused-ring (bicyclic) bond motifs is 1. The first-order valence-electron chi connectivity index (χ1n) is 11.9. The lowest BCUT2D eigenvalue weighted by molar-refractivity contribution is -0.141. The molecule has 3 aromatic rings. The summed E-state index contributed by atoms with van der Waals surface area (Å²) < 4.78 is 89.0. The number of ether oxygens (including phenoxy) is 1. The minimum atomic E-state index is -4.60. The number of rotatable bonds is 4. The Labute approximate surface area is 203 Å².